The summed E-state index contributed by atoms with van der Waals surface area (Å²) in [5.41, 5.74) is 2.39. The van der Waals surface area contributed by atoms with E-state index in [4.69, 9.17) is 4.74 Å². The van der Waals surface area contributed by atoms with Crippen molar-refractivity contribution < 1.29 is 14.3 Å². The zero-order chi connectivity index (χ0) is 17.8. The number of ether oxygens (including phenoxy) is 1. The van der Waals surface area contributed by atoms with Crippen molar-refractivity contribution in [3.8, 4) is 5.75 Å². The molecule has 1 heterocycles. The molecular weight excluding hydrogens is 316 g/mol. The average molecular weight is 338 g/mol. The molecule has 130 valence electrons. The fourth-order valence-corrected chi connectivity index (χ4v) is 2.86. The van der Waals surface area contributed by atoms with Crippen LogP contribution in [-0.4, -0.2) is 17.9 Å². The summed E-state index contributed by atoms with van der Waals surface area (Å²) >= 11 is 0. The Labute approximate surface area is 147 Å². The predicted octanol–water partition coefficient (Wildman–Crippen LogP) is 3.74. The van der Waals surface area contributed by atoms with Crippen molar-refractivity contribution in [3.05, 3.63) is 54.1 Å². The molecule has 0 fully saturated rings. The van der Waals surface area contributed by atoms with Gasteiger partial charge in [0.25, 0.3) is 5.91 Å². The first-order valence-electron chi connectivity index (χ1n) is 8.54. The van der Waals surface area contributed by atoms with E-state index in [2.05, 4.69) is 5.32 Å². The molecule has 0 saturated heterocycles. The van der Waals surface area contributed by atoms with E-state index >= 15 is 0 Å². The molecule has 2 amide bonds. The zero-order valence-electron chi connectivity index (χ0n) is 14.5. The predicted molar refractivity (Wildman–Crippen MR) is 97.7 cm³/mol. The van der Waals surface area contributed by atoms with Crippen molar-refractivity contribution >= 4 is 23.2 Å². The molecule has 1 atom stereocenters. The van der Waals surface area contributed by atoms with Gasteiger partial charge in [-0.3, -0.25) is 9.59 Å². The van der Waals surface area contributed by atoms with Crippen molar-refractivity contribution in [2.75, 3.05) is 10.2 Å². The number of hydrogen-bond donors (Lipinski definition) is 1. The number of fused-ring (bicyclic) bond motifs is 1. The highest BCUT2D eigenvalue weighted by Gasteiger charge is 2.31. The van der Waals surface area contributed by atoms with Gasteiger partial charge in [-0.2, -0.15) is 0 Å². The van der Waals surface area contributed by atoms with Crippen LogP contribution in [0, 0.1) is 0 Å². The zero-order valence-corrected chi connectivity index (χ0v) is 14.5. The highest BCUT2D eigenvalue weighted by molar-refractivity contribution is 6.01. The minimum absolute atomic E-state index is 0.0338. The van der Waals surface area contributed by atoms with Crippen LogP contribution >= 0.6 is 0 Å². The minimum Gasteiger partial charge on any atom is -0.479 e. The van der Waals surface area contributed by atoms with E-state index in [1.165, 1.54) is 0 Å². The Morgan fingerprint density at radius 2 is 1.96 bits per heavy atom. The summed E-state index contributed by atoms with van der Waals surface area (Å²) in [6.45, 7) is 4.18. The third kappa shape index (κ3) is 3.82. The molecule has 5 nitrogen and oxygen atoms in total. The van der Waals surface area contributed by atoms with Gasteiger partial charge >= 0.3 is 0 Å². The molecule has 0 spiro atoms. The van der Waals surface area contributed by atoms with Crippen LogP contribution in [0.1, 0.15) is 32.3 Å². The number of carbonyl (C=O) groups is 2. The highest BCUT2D eigenvalue weighted by Crippen LogP contribution is 2.37. The van der Waals surface area contributed by atoms with Gasteiger partial charge in [0.15, 0.2) is 6.10 Å². The molecule has 2 aromatic rings. The first kappa shape index (κ1) is 17.0. The molecule has 3 rings (SSSR count). The number of benzene rings is 2. The Morgan fingerprint density at radius 1 is 1.20 bits per heavy atom. The summed E-state index contributed by atoms with van der Waals surface area (Å²) in [7, 11) is 0. The normalized spacial score (nSPS) is 16.2. The smallest absolute Gasteiger partial charge is 0.268 e. The standard InChI is InChI=1S/C20H22N2O3/c1-3-7-19(23)21-16-10-11-18-17(12-16)22(20(24)14(2)25-18)13-15-8-5-4-6-9-15/h4-6,8-12,14H,3,7,13H2,1-2H3,(H,21,23). The SMILES string of the molecule is CCCC(=O)Nc1ccc2c(c1)N(Cc1ccccc1)C(=O)C(C)O2. The van der Waals surface area contributed by atoms with Gasteiger partial charge in [-0.25, -0.2) is 0 Å². The fourth-order valence-electron chi connectivity index (χ4n) is 2.86. The topological polar surface area (TPSA) is 58.6 Å². The van der Waals surface area contributed by atoms with Crippen molar-refractivity contribution in [3.63, 3.8) is 0 Å². The molecule has 0 aromatic heterocycles. The molecule has 0 saturated carbocycles. The van der Waals surface area contributed by atoms with Gasteiger partial charge in [-0.15, -0.1) is 0 Å². The van der Waals surface area contributed by atoms with Gasteiger partial charge in [-0.1, -0.05) is 37.3 Å². The summed E-state index contributed by atoms with van der Waals surface area (Å²) in [5, 5.41) is 2.87. The van der Waals surface area contributed by atoms with Crippen LogP contribution in [0.15, 0.2) is 48.5 Å². The van der Waals surface area contributed by atoms with Crippen molar-refractivity contribution in [2.45, 2.75) is 39.3 Å². The number of amides is 2. The molecule has 0 aliphatic carbocycles. The number of nitrogens with one attached hydrogen (secondary N) is 1. The molecule has 2 aromatic carbocycles. The van der Waals surface area contributed by atoms with Crippen LogP contribution < -0.4 is 15.0 Å². The van der Waals surface area contributed by atoms with Crippen LogP contribution in [0.25, 0.3) is 0 Å². The molecule has 1 aliphatic rings. The van der Waals surface area contributed by atoms with E-state index in [0.29, 0.717) is 30.1 Å². The lowest BCUT2D eigenvalue weighted by molar-refractivity contribution is -0.125. The molecule has 1 unspecified atom stereocenters. The lowest BCUT2D eigenvalue weighted by Crippen LogP contribution is -2.44. The van der Waals surface area contributed by atoms with E-state index in [9.17, 15) is 9.59 Å². The summed E-state index contributed by atoms with van der Waals surface area (Å²) in [6, 6.07) is 15.2. The Bertz CT molecular complexity index is 774. The second-order valence-corrected chi connectivity index (χ2v) is 6.15. The maximum absolute atomic E-state index is 12.6. The quantitative estimate of drug-likeness (QED) is 0.903. The summed E-state index contributed by atoms with van der Waals surface area (Å²) < 4.78 is 5.72. The lowest BCUT2D eigenvalue weighted by Gasteiger charge is -2.33. The van der Waals surface area contributed by atoms with Gasteiger partial charge in [-0.05, 0) is 37.1 Å². The van der Waals surface area contributed by atoms with Gasteiger partial charge < -0.3 is 15.0 Å². The van der Waals surface area contributed by atoms with Gasteiger partial charge in [0.2, 0.25) is 5.91 Å². The molecule has 0 bridgehead atoms. The maximum atomic E-state index is 12.6. The Hall–Kier alpha value is -2.82. The average Bonchev–Trinajstić information content (AvgIpc) is 2.60. The molecule has 25 heavy (non-hydrogen) atoms. The third-order valence-electron chi connectivity index (χ3n) is 4.11. The molecule has 5 heteroatoms. The summed E-state index contributed by atoms with van der Waals surface area (Å²) in [5.74, 6) is 0.526. The van der Waals surface area contributed by atoms with Crippen LogP contribution in [0.2, 0.25) is 0 Å². The third-order valence-corrected chi connectivity index (χ3v) is 4.11. The van der Waals surface area contributed by atoms with E-state index in [1.807, 2.05) is 37.3 Å². The van der Waals surface area contributed by atoms with Gasteiger partial charge in [0, 0.05) is 12.1 Å². The molecule has 1 aliphatic heterocycles. The van der Waals surface area contributed by atoms with Crippen LogP contribution in [-0.2, 0) is 16.1 Å². The van der Waals surface area contributed by atoms with Crippen LogP contribution in [0.3, 0.4) is 0 Å². The molecular formula is C20H22N2O3. The van der Waals surface area contributed by atoms with Crippen molar-refractivity contribution in [1.82, 2.24) is 0 Å². The number of rotatable bonds is 5. The van der Waals surface area contributed by atoms with E-state index in [0.717, 1.165) is 12.0 Å². The minimum atomic E-state index is -0.531. The van der Waals surface area contributed by atoms with E-state index in [-0.39, 0.29) is 11.8 Å². The second kappa shape index (κ2) is 7.38. The second-order valence-electron chi connectivity index (χ2n) is 6.15. The van der Waals surface area contributed by atoms with E-state index in [1.54, 1.807) is 30.0 Å². The first-order chi connectivity index (χ1) is 12.1. The monoisotopic (exact) mass is 338 g/mol. The lowest BCUT2D eigenvalue weighted by atomic mass is 10.1. The van der Waals surface area contributed by atoms with Gasteiger partial charge in [0.05, 0.1) is 12.2 Å². The Kier molecular flexibility index (Phi) is 5.03. The number of carbonyl (C=O) groups excluding carboxylic acids is 2. The first-order valence-corrected chi connectivity index (χ1v) is 8.54. The Balaban J connectivity index is 1.91. The highest BCUT2D eigenvalue weighted by atomic mass is 16.5. The van der Waals surface area contributed by atoms with Crippen molar-refractivity contribution in [1.29, 1.82) is 0 Å². The molecule has 0 radical (unpaired) electrons. The summed E-state index contributed by atoms with van der Waals surface area (Å²) in [4.78, 5) is 26.2. The van der Waals surface area contributed by atoms with Crippen LogP contribution in [0.4, 0.5) is 11.4 Å². The number of anilines is 2. The number of hydrogen-bond acceptors (Lipinski definition) is 3. The van der Waals surface area contributed by atoms with E-state index < -0.39 is 6.10 Å². The Morgan fingerprint density at radius 3 is 2.68 bits per heavy atom. The van der Waals surface area contributed by atoms with Gasteiger partial charge in [0.1, 0.15) is 5.75 Å². The summed E-state index contributed by atoms with van der Waals surface area (Å²) in [6.07, 6.45) is 0.726. The fraction of sp³-hybridized carbons (Fsp3) is 0.300. The number of nitrogens with zero attached hydrogens (tertiary/aromatic N) is 1. The van der Waals surface area contributed by atoms with Crippen molar-refractivity contribution in [2.24, 2.45) is 0 Å². The maximum Gasteiger partial charge on any atom is 0.268 e. The van der Waals surface area contributed by atoms with Crippen LogP contribution in [0.5, 0.6) is 5.75 Å². The largest absolute Gasteiger partial charge is 0.479 e. The molecule has 1 N–H and O–H groups in total.